The molecule has 0 amide bonds. The zero-order chi connectivity index (χ0) is 9.94. The standard InChI is InChI=1S/C9H19NO2/c1-6(9(2,3)4)5-7(10)8(11)12/h6-7H,5,10H2,1-4H3,(H,11,12)/t6?,7-/m0/s1. The minimum absolute atomic E-state index is 0.132. The fourth-order valence-corrected chi connectivity index (χ4v) is 0.835. The molecule has 0 rings (SSSR count). The summed E-state index contributed by atoms with van der Waals surface area (Å²) in [5.41, 5.74) is 5.55. The SMILES string of the molecule is CC(C[C@H](N)C(=O)O)C(C)(C)C. The molecule has 3 N–H and O–H groups in total. The number of hydrogen-bond donors (Lipinski definition) is 2. The summed E-state index contributed by atoms with van der Waals surface area (Å²) in [5, 5.41) is 8.57. The molecule has 1 unspecified atom stereocenters. The number of nitrogens with two attached hydrogens (primary N) is 1. The molecule has 0 aromatic carbocycles. The van der Waals surface area contributed by atoms with Gasteiger partial charge in [0.2, 0.25) is 0 Å². The fourth-order valence-electron chi connectivity index (χ4n) is 0.835. The van der Waals surface area contributed by atoms with Crippen molar-refractivity contribution < 1.29 is 9.90 Å². The molecular weight excluding hydrogens is 154 g/mol. The van der Waals surface area contributed by atoms with Gasteiger partial charge in [-0.25, -0.2) is 0 Å². The highest BCUT2D eigenvalue weighted by atomic mass is 16.4. The summed E-state index contributed by atoms with van der Waals surface area (Å²) in [6, 6.07) is -0.723. The Morgan fingerprint density at radius 3 is 2.17 bits per heavy atom. The van der Waals surface area contributed by atoms with Crippen LogP contribution in [0.15, 0.2) is 0 Å². The van der Waals surface area contributed by atoms with Gasteiger partial charge in [0.25, 0.3) is 0 Å². The molecule has 0 aliphatic heterocycles. The van der Waals surface area contributed by atoms with Crippen molar-refractivity contribution in [3.05, 3.63) is 0 Å². The molecule has 0 saturated heterocycles. The van der Waals surface area contributed by atoms with Gasteiger partial charge < -0.3 is 10.8 Å². The van der Waals surface area contributed by atoms with E-state index < -0.39 is 12.0 Å². The van der Waals surface area contributed by atoms with Crippen LogP contribution < -0.4 is 5.73 Å². The fraction of sp³-hybridized carbons (Fsp3) is 0.889. The summed E-state index contributed by atoms with van der Waals surface area (Å²) in [4.78, 5) is 10.4. The van der Waals surface area contributed by atoms with Gasteiger partial charge in [-0.15, -0.1) is 0 Å². The van der Waals surface area contributed by atoms with Gasteiger partial charge in [0.05, 0.1) is 0 Å². The number of carbonyl (C=O) groups is 1. The first-order valence-electron chi connectivity index (χ1n) is 4.23. The van der Waals surface area contributed by atoms with Crippen molar-refractivity contribution in [1.82, 2.24) is 0 Å². The Kier molecular flexibility index (Phi) is 3.71. The lowest BCUT2D eigenvalue weighted by atomic mass is 9.78. The van der Waals surface area contributed by atoms with Crippen LogP contribution in [0.3, 0.4) is 0 Å². The van der Waals surface area contributed by atoms with Crippen LogP contribution in [0, 0.1) is 11.3 Å². The second-order valence-corrected chi connectivity index (χ2v) is 4.45. The molecule has 0 saturated carbocycles. The Labute approximate surface area is 74.0 Å². The van der Waals surface area contributed by atoms with E-state index in [1.54, 1.807) is 0 Å². The number of carboxylic acid groups (broad SMARTS) is 1. The molecule has 0 spiro atoms. The number of aliphatic carboxylic acids is 1. The number of rotatable bonds is 3. The third-order valence-corrected chi connectivity index (χ3v) is 2.40. The Morgan fingerprint density at radius 2 is 1.92 bits per heavy atom. The summed E-state index contributed by atoms with van der Waals surface area (Å²) in [6.07, 6.45) is 0.541. The molecule has 0 aliphatic carbocycles. The normalized spacial score (nSPS) is 17.1. The smallest absolute Gasteiger partial charge is 0.320 e. The molecule has 72 valence electrons. The maximum Gasteiger partial charge on any atom is 0.320 e. The summed E-state index contributed by atoms with van der Waals surface area (Å²) in [6.45, 7) is 8.30. The molecule has 3 heteroatoms. The van der Waals surface area contributed by atoms with E-state index in [0.717, 1.165) is 0 Å². The van der Waals surface area contributed by atoms with Crippen molar-refractivity contribution in [3.63, 3.8) is 0 Å². The molecule has 0 bridgehead atoms. The predicted octanol–water partition coefficient (Wildman–Crippen LogP) is 1.47. The summed E-state index contributed by atoms with van der Waals surface area (Å²) < 4.78 is 0. The van der Waals surface area contributed by atoms with Gasteiger partial charge in [0.15, 0.2) is 0 Å². The van der Waals surface area contributed by atoms with Crippen LogP contribution in [0.2, 0.25) is 0 Å². The van der Waals surface area contributed by atoms with Crippen molar-refractivity contribution in [2.24, 2.45) is 17.1 Å². The van der Waals surface area contributed by atoms with Crippen LogP contribution in [0.4, 0.5) is 0 Å². The first-order chi connectivity index (χ1) is 5.25. The molecule has 0 aromatic heterocycles. The first kappa shape index (κ1) is 11.4. The first-order valence-corrected chi connectivity index (χ1v) is 4.23. The van der Waals surface area contributed by atoms with Gasteiger partial charge >= 0.3 is 5.97 Å². The third kappa shape index (κ3) is 3.72. The van der Waals surface area contributed by atoms with E-state index in [1.165, 1.54) is 0 Å². The highest BCUT2D eigenvalue weighted by molar-refractivity contribution is 5.73. The van der Waals surface area contributed by atoms with Crippen molar-refractivity contribution >= 4 is 5.97 Å². The van der Waals surface area contributed by atoms with E-state index in [-0.39, 0.29) is 5.41 Å². The zero-order valence-electron chi connectivity index (χ0n) is 8.29. The average molecular weight is 173 g/mol. The zero-order valence-corrected chi connectivity index (χ0v) is 8.29. The van der Waals surface area contributed by atoms with Crippen LogP contribution in [0.25, 0.3) is 0 Å². The minimum atomic E-state index is -0.911. The van der Waals surface area contributed by atoms with Crippen molar-refractivity contribution in [1.29, 1.82) is 0 Å². The van der Waals surface area contributed by atoms with Gasteiger partial charge in [-0.1, -0.05) is 27.7 Å². The van der Waals surface area contributed by atoms with E-state index in [4.69, 9.17) is 10.8 Å². The molecular formula is C9H19NO2. The van der Waals surface area contributed by atoms with Crippen molar-refractivity contribution in [3.8, 4) is 0 Å². The van der Waals surface area contributed by atoms with Crippen LogP contribution in [-0.2, 0) is 4.79 Å². The van der Waals surface area contributed by atoms with Crippen molar-refractivity contribution in [2.45, 2.75) is 40.2 Å². The molecule has 0 aliphatic rings. The van der Waals surface area contributed by atoms with Crippen LogP contribution in [0.1, 0.15) is 34.1 Å². The molecule has 2 atom stereocenters. The summed E-state index contributed by atoms with van der Waals surface area (Å²) in [7, 11) is 0. The van der Waals surface area contributed by atoms with E-state index >= 15 is 0 Å². The van der Waals surface area contributed by atoms with E-state index in [2.05, 4.69) is 20.8 Å². The maximum absolute atomic E-state index is 10.4. The Balaban J connectivity index is 4.01. The lowest BCUT2D eigenvalue weighted by Gasteiger charge is -2.28. The summed E-state index contributed by atoms with van der Waals surface area (Å²) >= 11 is 0. The van der Waals surface area contributed by atoms with Crippen LogP contribution in [0.5, 0.6) is 0 Å². The topological polar surface area (TPSA) is 63.3 Å². The third-order valence-electron chi connectivity index (χ3n) is 2.40. The van der Waals surface area contributed by atoms with Gasteiger partial charge in [0.1, 0.15) is 6.04 Å². The second-order valence-electron chi connectivity index (χ2n) is 4.45. The molecule has 0 fully saturated rings. The van der Waals surface area contributed by atoms with Crippen LogP contribution >= 0.6 is 0 Å². The van der Waals surface area contributed by atoms with Gasteiger partial charge in [-0.2, -0.15) is 0 Å². The lowest BCUT2D eigenvalue weighted by molar-refractivity contribution is -0.139. The van der Waals surface area contributed by atoms with E-state index in [0.29, 0.717) is 12.3 Å². The summed E-state index contributed by atoms with van der Waals surface area (Å²) in [5.74, 6) is -0.588. The molecule has 3 nitrogen and oxygen atoms in total. The lowest BCUT2D eigenvalue weighted by Crippen LogP contribution is -2.34. The monoisotopic (exact) mass is 173 g/mol. The van der Waals surface area contributed by atoms with E-state index in [1.807, 2.05) is 6.92 Å². The van der Waals surface area contributed by atoms with Crippen LogP contribution in [-0.4, -0.2) is 17.1 Å². The number of carboxylic acids is 1. The minimum Gasteiger partial charge on any atom is -0.480 e. The van der Waals surface area contributed by atoms with Gasteiger partial charge in [-0.3, -0.25) is 4.79 Å². The molecule has 0 radical (unpaired) electrons. The Bertz CT molecular complexity index is 160. The Hall–Kier alpha value is -0.570. The second kappa shape index (κ2) is 3.90. The highest BCUT2D eigenvalue weighted by Crippen LogP contribution is 2.28. The largest absolute Gasteiger partial charge is 0.480 e. The van der Waals surface area contributed by atoms with Gasteiger partial charge in [-0.05, 0) is 17.8 Å². The van der Waals surface area contributed by atoms with E-state index in [9.17, 15) is 4.79 Å². The molecule has 0 heterocycles. The molecule has 0 aromatic rings. The van der Waals surface area contributed by atoms with Crippen molar-refractivity contribution in [2.75, 3.05) is 0 Å². The average Bonchev–Trinajstić information content (AvgIpc) is 1.85. The highest BCUT2D eigenvalue weighted by Gasteiger charge is 2.24. The van der Waals surface area contributed by atoms with Gasteiger partial charge in [0, 0.05) is 0 Å². The quantitative estimate of drug-likeness (QED) is 0.679. The Morgan fingerprint density at radius 1 is 1.50 bits per heavy atom. The predicted molar refractivity (Wildman–Crippen MR) is 48.8 cm³/mol. The number of hydrogen-bond acceptors (Lipinski definition) is 2. The molecule has 12 heavy (non-hydrogen) atoms. The maximum atomic E-state index is 10.4.